The van der Waals surface area contributed by atoms with E-state index < -0.39 is 11.8 Å². The molecule has 2 heterocycles. The van der Waals surface area contributed by atoms with Gasteiger partial charge in [-0.25, -0.2) is 0 Å². The van der Waals surface area contributed by atoms with Crippen LogP contribution in [0.1, 0.15) is 11.7 Å². The van der Waals surface area contributed by atoms with Gasteiger partial charge in [0.1, 0.15) is 0 Å². The van der Waals surface area contributed by atoms with Crippen molar-refractivity contribution < 1.29 is 9.84 Å². The lowest BCUT2D eigenvalue weighted by Gasteiger charge is -2.31. The van der Waals surface area contributed by atoms with E-state index in [-0.39, 0.29) is 0 Å². The fourth-order valence-corrected chi connectivity index (χ4v) is 2.94. The molecule has 0 amide bonds. The molecule has 0 aliphatic carbocycles. The number of aromatic nitrogens is 1. The topological polar surface area (TPSA) is 54.7 Å². The molecule has 0 radical (unpaired) electrons. The molecule has 2 atom stereocenters. The first-order valence-electron chi connectivity index (χ1n) is 7.49. The van der Waals surface area contributed by atoms with Crippen LogP contribution in [-0.4, -0.2) is 23.0 Å². The summed E-state index contributed by atoms with van der Waals surface area (Å²) in [5.41, 5.74) is 1.55. The van der Waals surface area contributed by atoms with Gasteiger partial charge in [0.2, 0.25) is 5.79 Å². The van der Waals surface area contributed by atoms with Crippen LogP contribution in [0.2, 0.25) is 0 Å². The van der Waals surface area contributed by atoms with Crippen LogP contribution in [0.15, 0.2) is 65.7 Å². The lowest BCUT2D eigenvalue weighted by molar-refractivity contribution is -0.151. The van der Waals surface area contributed by atoms with Crippen molar-refractivity contribution in [3.63, 3.8) is 0 Å². The van der Waals surface area contributed by atoms with Crippen molar-refractivity contribution in [3.05, 3.63) is 76.9 Å². The van der Waals surface area contributed by atoms with Crippen LogP contribution in [0, 0.1) is 0 Å². The van der Waals surface area contributed by atoms with Crippen LogP contribution in [0.5, 0.6) is 0 Å². The fourth-order valence-electron chi connectivity index (χ4n) is 2.94. The first-order chi connectivity index (χ1) is 11.2. The number of benzene rings is 2. The molecule has 0 fully saturated rings. The van der Waals surface area contributed by atoms with Gasteiger partial charge in [-0.15, -0.1) is 0 Å². The highest BCUT2D eigenvalue weighted by atomic mass is 16.6. The van der Waals surface area contributed by atoms with E-state index >= 15 is 0 Å². The maximum atomic E-state index is 10.9. The highest BCUT2D eigenvalue weighted by Gasteiger charge is 2.38. The maximum Gasteiger partial charge on any atom is 0.215 e. The third-order valence-electron chi connectivity index (χ3n) is 4.19. The Bertz CT molecular complexity index is 999. The molecule has 1 aliphatic heterocycles. The SMILES string of the molecule is COC1(O)C=c2ccccc2=NC1c1ccc2ccccc2n1. The lowest BCUT2D eigenvalue weighted by Crippen LogP contribution is -2.45. The van der Waals surface area contributed by atoms with Crippen molar-refractivity contribution >= 4 is 17.0 Å². The Hall–Kier alpha value is -2.56. The summed E-state index contributed by atoms with van der Waals surface area (Å²) in [6.45, 7) is 0. The number of methoxy groups -OCH3 is 1. The van der Waals surface area contributed by atoms with E-state index in [4.69, 9.17) is 4.74 Å². The molecule has 1 aliphatic rings. The molecule has 0 spiro atoms. The number of fused-ring (bicyclic) bond motifs is 2. The van der Waals surface area contributed by atoms with Crippen molar-refractivity contribution in [1.82, 2.24) is 4.98 Å². The summed E-state index contributed by atoms with van der Waals surface area (Å²) < 4.78 is 5.38. The Labute approximate surface area is 133 Å². The van der Waals surface area contributed by atoms with Gasteiger partial charge in [0.15, 0.2) is 6.04 Å². The first kappa shape index (κ1) is 14.1. The minimum atomic E-state index is -1.51. The summed E-state index contributed by atoms with van der Waals surface area (Å²) in [5, 5.41) is 13.6. The number of hydrogen-bond donors (Lipinski definition) is 1. The zero-order chi connectivity index (χ0) is 15.9. The summed E-state index contributed by atoms with van der Waals surface area (Å²) in [6.07, 6.45) is 1.71. The van der Waals surface area contributed by atoms with Crippen molar-refractivity contribution in [2.45, 2.75) is 11.8 Å². The standard InChI is InChI=1S/C19H16N2O2/c1-23-19(22)12-14-7-3-5-9-16(14)21-18(19)17-11-10-13-6-2-4-8-15(13)20-17/h2-12,18,22H,1H3. The molecule has 0 saturated carbocycles. The van der Waals surface area contributed by atoms with Gasteiger partial charge in [0.25, 0.3) is 0 Å². The van der Waals surface area contributed by atoms with Gasteiger partial charge in [-0.2, -0.15) is 0 Å². The quantitative estimate of drug-likeness (QED) is 0.734. The van der Waals surface area contributed by atoms with Crippen molar-refractivity contribution in [1.29, 1.82) is 0 Å². The number of ether oxygens (including phenoxy) is 1. The van der Waals surface area contributed by atoms with E-state index in [1.807, 2.05) is 60.7 Å². The van der Waals surface area contributed by atoms with Gasteiger partial charge < -0.3 is 9.84 Å². The Morgan fingerprint density at radius 2 is 1.78 bits per heavy atom. The highest BCUT2D eigenvalue weighted by molar-refractivity contribution is 5.78. The molecule has 3 aromatic rings. The summed E-state index contributed by atoms with van der Waals surface area (Å²) in [4.78, 5) is 9.34. The van der Waals surface area contributed by atoms with Crippen LogP contribution >= 0.6 is 0 Å². The zero-order valence-electron chi connectivity index (χ0n) is 12.7. The third-order valence-corrected chi connectivity index (χ3v) is 4.19. The Morgan fingerprint density at radius 1 is 1.00 bits per heavy atom. The van der Waals surface area contributed by atoms with Crippen LogP contribution in [0.4, 0.5) is 0 Å². The van der Waals surface area contributed by atoms with Gasteiger partial charge in [0, 0.05) is 17.7 Å². The second-order valence-electron chi connectivity index (χ2n) is 5.62. The summed E-state index contributed by atoms with van der Waals surface area (Å²) in [5.74, 6) is -1.51. The minimum Gasteiger partial charge on any atom is -0.360 e. The highest BCUT2D eigenvalue weighted by Crippen LogP contribution is 2.32. The Morgan fingerprint density at radius 3 is 2.65 bits per heavy atom. The number of hydrogen-bond acceptors (Lipinski definition) is 4. The normalized spacial score (nSPS) is 23.0. The number of pyridine rings is 1. The molecule has 0 bridgehead atoms. The number of para-hydroxylation sites is 2. The fraction of sp³-hybridized carbons (Fsp3) is 0.158. The third kappa shape index (κ3) is 2.32. The number of rotatable bonds is 2. The largest absolute Gasteiger partial charge is 0.360 e. The van der Waals surface area contributed by atoms with Crippen molar-refractivity contribution in [3.8, 4) is 0 Å². The minimum absolute atomic E-state index is 0.605. The van der Waals surface area contributed by atoms with E-state index in [9.17, 15) is 5.11 Å². The first-order valence-corrected chi connectivity index (χ1v) is 7.49. The van der Waals surface area contributed by atoms with Gasteiger partial charge in [-0.1, -0.05) is 42.5 Å². The van der Waals surface area contributed by atoms with E-state index in [0.717, 1.165) is 21.5 Å². The number of aliphatic hydroxyl groups is 1. The van der Waals surface area contributed by atoms with Crippen LogP contribution in [0.3, 0.4) is 0 Å². The molecular formula is C19H16N2O2. The van der Waals surface area contributed by atoms with E-state index in [2.05, 4.69) is 9.98 Å². The molecule has 4 heteroatoms. The van der Waals surface area contributed by atoms with Crippen LogP contribution in [-0.2, 0) is 4.74 Å². The second-order valence-corrected chi connectivity index (χ2v) is 5.62. The van der Waals surface area contributed by atoms with Gasteiger partial charge in [-0.05, 0) is 24.3 Å². The van der Waals surface area contributed by atoms with Gasteiger partial charge >= 0.3 is 0 Å². The maximum absolute atomic E-state index is 10.9. The monoisotopic (exact) mass is 304 g/mol. The Kier molecular flexibility index (Phi) is 3.22. The lowest BCUT2D eigenvalue weighted by atomic mass is 9.98. The van der Waals surface area contributed by atoms with Gasteiger partial charge in [0.05, 0.1) is 16.6 Å². The molecule has 0 saturated heterocycles. The van der Waals surface area contributed by atoms with Crippen LogP contribution in [0.25, 0.3) is 17.0 Å². The summed E-state index contributed by atoms with van der Waals surface area (Å²) >= 11 is 0. The Balaban J connectivity index is 1.93. The number of nitrogens with zero attached hydrogens (tertiary/aromatic N) is 2. The summed E-state index contributed by atoms with van der Waals surface area (Å²) in [6, 6.07) is 18.8. The second kappa shape index (κ2) is 5.26. The molecule has 114 valence electrons. The van der Waals surface area contributed by atoms with Crippen molar-refractivity contribution in [2.75, 3.05) is 7.11 Å². The van der Waals surface area contributed by atoms with E-state index in [1.165, 1.54) is 7.11 Å². The summed E-state index contributed by atoms with van der Waals surface area (Å²) in [7, 11) is 1.48. The smallest absolute Gasteiger partial charge is 0.215 e. The zero-order valence-corrected chi connectivity index (χ0v) is 12.7. The molecule has 23 heavy (non-hydrogen) atoms. The van der Waals surface area contributed by atoms with E-state index in [1.54, 1.807) is 6.08 Å². The van der Waals surface area contributed by atoms with Gasteiger partial charge in [-0.3, -0.25) is 9.98 Å². The average molecular weight is 304 g/mol. The molecule has 2 unspecified atom stereocenters. The average Bonchev–Trinajstić information content (AvgIpc) is 2.60. The molecule has 1 N–H and O–H groups in total. The molecule has 4 nitrogen and oxygen atoms in total. The predicted octanol–water partition coefficient (Wildman–Crippen LogP) is 1.72. The molecule has 1 aromatic heterocycles. The van der Waals surface area contributed by atoms with Crippen LogP contribution < -0.4 is 10.6 Å². The molecular weight excluding hydrogens is 288 g/mol. The van der Waals surface area contributed by atoms with Crippen molar-refractivity contribution in [2.24, 2.45) is 4.99 Å². The van der Waals surface area contributed by atoms with E-state index in [0.29, 0.717) is 5.69 Å². The molecule has 4 rings (SSSR count). The predicted molar refractivity (Wildman–Crippen MR) is 88.1 cm³/mol. The molecule has 2 aromatic carbocycles.